The molecule has 2 rings (SSSR count). The van der Waals surface area contributed by atoms with Gasteiger partial charge in [0.15, 0.2) is 0 Å². The first-order chi connectivity index (χ1) is 8.15. The summed E-state index contributed by atoms with van der Waals surface area (Å²) in [7, 11) is 2.17. The van der Waals surface area contributed by atoms with Crippen LogP contribution in [0.15, 0.2) is 18.2 Å². The third-order valence-corrected chi connectivity index (χ3v) is 4.13. The number of hydrogen-bond acceptors (Lipinski definition) is 2. The molecule has 94 valence electrons. The molecule has 1 aliphatic heterocycles. The summed E-state index contributed by atoms with van der Waals surface area (Å²) in [4.78, 5) is 2.37. The van der Waals surface area contributed by atoms with Gasteiger partial charge in [-0.15, -0.1) is 0 Å². The zero-order valence-corrected chi connectivity index (χ0v) is 12.2. The molecule has 0 saturated carbocycles. The predicted octanol–water partition coefficient (Wildman–Crippen LogP) is 3.33. The molecule has 0 bridgehead atoms. The third kappa shape index (κ3) is 3.81. The molecule has 17 heavy (non-hydrogen) atoms. The predicted molar refractivity (Wildman–Crippen MR) is 77.9 cm³/mol. The maximum Gasteiger partial charge on any atom is 0.124 e. The summed E-state index contributed by atoms with van der Waals surface area (Å²) in [5, 5.41) is 3.54. The minimum absolute atomic E-state index is 0.166. The molecule has 1 unspecified atom stereocenters. The topological polar surface area (TPSA) is 15.3 Å². The van der Waals surface area contributed by atoms with Crippen LogP contribution in [-0.2, 0) is 0 Å². The summed E-state index contributed by atoms with van der Waals surface area (Å²) < 4.78 is 14.0. The van der Waals surface area contributed by atoms with Crippen LogP contribution in [0.4, 0.5) is 10.1 Å². The lowest BCUT2D eigenvalue weighted by atomic mass is 10.1. The van der Waals surface area contributed by atoms with E-state index in [0.29, 0.717) is 6.04 Å². The number of rotatable bonds is 2. The number of halogens is 2. The summed E-state index contributed by atoms with van der Waals surface area (Å²) >= 11 is 2.18. The van der Waals surface area contributed by atoms with Gasteiger partial charge >= 0.3 is 0 Å². The van der Waals surface area contributed by atoms with Gasteiger partial charge in [0.05, 0.1) is 0 Å². The van der Waals surface area contributed by atoms with E-state index in [0.717, 1.165) is 22.2 Å². The van der Waals surface area contributed by atoms with Crippen molar-refractivity contribution in [2.75, 3.05) is 25.5 Å². The zero-order valence-electron chi connectivity index (χ0n) is 10.0. The molecular formula is C13H18FIN2. The monoisotopic (exact) mass is 348 g/mol. The summed E-state index contributed by atoms with van der Waals surface area (Å²) in [5.74, 6) is -0.166. The van der Waals surface area contributed by atoms with Gasteiger partial charge in [-0.05, 0) is 80.2 Å². The van der Waals surface area contributed by atoms with Crippen LogP contribution in [0, 0.1) is 9.39 Å². The molecule has 1 fully saturated rings. The molecule has 1 aromatic rings. The fourth-order valence-electron chi connectivity index (χ4n) is 2.21. The smallest absolute Gasteiger partial charge is 0.124 e. The van der Waals surface area contributed by atoms with Gasteiger partial charge in [0.25, 0.3) is 0 Å². The Bertz CT molecular complexity index is 384. The van der Waals surface area contributed by atoms with E-state index in [1.54, 1.807) is 6.07 Å². The minimum atomic E-state index is -0.166. The number of benzene rings is 1. The summed E-state index contributed by atoms with van der Waals surface area (Å²) in [5.41, 5.74) is 1.06. The van der Waals surface area contributed by atoms with Crippen LogP contribution in [0.1, 0.15) is 19.3 Å². The first-order valence-corrected chi connectivity index (χ1v) is 7.13. The first-order valence-electron chi connectivity index (χ1n) is 6.05. The largest absolute Gasteiger partial charge is 0.381 e. The molecule has 4 heteroatoms. The second-order valence-corrected chi connectivity index (χ2v) is 5.86. The van der Waals surface area contributed by atoms with Crippen molar-refractivity contribution in [2.24, 2.45) is 0 Å². The van der Waals surface area contributed by atoms with Crippen LogP contribution in [0.3, 0.4) is 0 Å². The van der Waals surface area contributed by atoms with E-state index in [1.807, 2.05) is 6.07 Å². The molecule has 1 aliphatic rings. The highest BCUT2D eigenvalue weighted by Gasteiger charge is 2.15. The fourth-order valence-corrected chi connectivity index (χ4v) is 2.84. The number of nitrogens with one attached hydrogen (secondary N) is 1. The van der Waals surface area contributed by atoms with Crippen LogP contribution >= 0.6 is 22.6 Å². The van der Waals surface area contributed by atoms with Crippen molar-refractivity contribution in [1.82, 2.24) is 4.90 Å². The SMILES string of the molecule is CN1CCCC(Nc2ccc(F)cc2I)CC1. The third-order valence-electron chi connectivity index (χ3n) is 3.24. The van der Waals surface area contributed by atoms with Gasteiger partial charge in [-0.25, -0.2) is 4.39 Å². The molecule has 1 aromatic carbocycles. The van der Waals surface area contributed by atoms with Crippen molar-refractivity contribution in [1.29, 1.82) is 0 Å². The molecule has 1 heterocycles. The van der Waals surface area contributed by atoms with E-state index in [4.69, 9.17) is 0 Å². The summed E-state index contributed by atoms with van der Waals surface area (Å²) in [6, 6.07) is 5.45. The zero-order chi connectivity index (χ0) is 12.3. The van der Waals surface area contributed by atoms with Crippen LogP contribution in [-0.4, -0.2) is 31.1 Å². The second kappa shape index (κ2) is 6.00. The second-order valence-electron chi connectivity index (χ2n) is 4.70. The van der Waals surface area contributed by atoms with Crippen LogP contribution in [0.2, 0.25) is 0 Å². The molecule has 0 amide bonds. The molecule has 1 atom stereocenters. The van der Waals surface area contributed by atoms with E-state index >= 15 is 0 Å². The summed E-state index contributed by atoms with van der Waals surface area (Å²) in [6.07, 6.45) is 3.58. The van der Waals surface area contributed by atoms with Crippen molar-refractivity contribution < 1.29 is 4.39 Å². The molecule has 0 radical (unpaired) electrons. The highest BCUT2D eigenvalue weighted by molar-refractivity contribution is 14.1. The number of likely N-dealkylation sites (tertiary alicyclic amines) is 1. The molecule has 1 saturated heterocycles. The van der Waals surface area contributed by atoms with Crippen molar-refractivity contribution in [3.05, 3.63) is 27.6 Å². The number of anilines is 1. The molecule has 0 aromatic heterocycles. The van der Waals surface area contributed by atoms with Gasteiger partial charge < -0.3 is 10.2 Å². The van der Waals surface area contributed by atoms with Crippen LogP contribution in [0.5, 0.6) is 0 Å². The lowest BCUT2D eigenvalue weighted by molar-refractivity contribution is 0.348. The molecule has 1 N–H and O–H groups in total. The lowest BCUT2D eigenvalue weighted by Gasteiger charge is -2.19. The normalized spacial score (nSPS) is 22.2. The highest BCUT2D eigenvalue weighted by atomic mass is 127. The Morgan fingerprint density at radius 1 is 1.35 bits per heavy atom. The number of nitrogens with zero attached hydrogens (tertiary/aromatic N) is 1. The minimum Gasteiger partial charge on any atom is -0.381 e. The Balaban J connectivity index is 2.00. The molecule has 0 aliphatic carbocycles. The molecule has 0 spiro atoms. The Kier molecular flexibility index (Phi) is 4.62. The Labute approximate surface area is 116 Å². The van der Waals surface area contributed by atoms with E-state index in [2.05, 4.69) is 39.9 Å². The summed E-state index contributed by atoms with van der Waals surface area (Å²) in [6.45, 7) is 2.31. The van der Waals surface area contributed by atoms with Crippen LogP contribution in [0.25, 0.3) is 0 Å². The van der Waals surface area contributed by atoms with Gasteiger partial charge in [0, 0.05) is 15.3 Å². The van der Waals surface area contributed by atoms with Crippen LogP contribution < -0.4 is 5.32 Å². The van der Waals surface area contributed by atoms with Gasteiger partial charge in [-0.2, -0.15) is 0 Å². The van der Waals surface area contributed by atoms with Crippen molar-refractivity contribution >= 4 is 28.3 Å². The van der Waals surface area contributed by atoms with Gasteiger partial charge in [-0.1, -0.05) is 0 Å². The van der Waals surface area contributed by atoms with Crippen molar-refractivity contribution in [3.8, 4) is 0 Å². The van der Waals surface area contributed by atoms with E-state index < -0.39 is 0 Å². The van der Waals surface area contributed by atoms with Gasteiger partial charge in [0.1, 0.15) is 5.82 Å². The quantitative estimate of drug-likeness (QED) is 0.825. The fraction of sp³-hybridized carbons (Fsp3) is 0.538. The van der Waals surface area contributed by atoms with Crippen molar-refractivity contribution in [2.45, 2.75) is 25.3 Å². The van der Waals surface area contributed by atoms with Gasteiger partial charge in [0.2, 0.25) is 0 Å². The van der Waals surface area contributed by atoms with E-state index in [9.17, 15) is 4.39 Å². The Morgan fingerprint density at radius 2 is 2.18 bits per heavy atom. The first kappa shape index (κ1) is 13.1. The maximum atomic E-state index is 13.0. The van der Waals surface area contributed by atoms with Crippen molar-refractivity contribution in [3.63, 3.8) is 0 Å². The van der Waals surface area contributed by atoms with E-state index in [-0.39, 0.29) is 5.82 Å². The highest BCUT2D eigenvalue weighted by Crippen LogP contribution is 2.22. The molecule has 2 nitrogen and oxygen atoms in total. The maximum absolute atomic E-state index is 13.0. The Hall–Kier alpha value is -0.360. The standard InChI is InChI=1S/C13H18FIN2/c1-17-7-2-3-11(6-8-17)16-13-5-4-10(14)9-12(13)15/h4-5,9,11,16H,2-3,6-8H2,1H3. The van der Waals surface area contributed by atoms with E-state index in [1.165, 1.54) is 25.5 Å². The van der Waals surface area contributed by atoms with Gasteiger partial charge in [-0.3, -0.25) is 0 Å². The number of hydrogen-bond donors (Lipinski definition) is 1. The molecular weight excluding hydrogens is 330 g/mol. The Morgan fingerprint density at radius 3 is 2.94 bits per heavy atom. The average molecular weight is 348 g/mol. The average Bonchev–Trinajstić information content (AvgIpc) is 2.48. The lowest BCUT2D eigenvalue weighted by Crippen LogP contribution is -2.23.